The summed E-state index contributed by atoms with van der Waals surface area (Å²) in [4.78, 5) is 62.5. The molecule has 0 radical (unpaired) electrons. The summed E-state index contributed by atoms with van der Waals surface area (Å²) in [6.07, 6.45) is 7.60. The summed E-state index contributed by atoms with van der Waals surface area (Å²) in [5, 5.41) is 0. The van der Waals surface area contributed by atoms with E-state index in [0.717, 1.165) is 32.0 Å². The number of aldehydes is 1. The molecule has 220 valence electrons. The maximum atomic E-state index is 14.0. The maximum Gasteiger partial charge on any atom is 0.353 e. The van der Waals surface area contributed by atoms with E-state index in [4.69, 9.17) is 15.2 Å². The van der Waals surface area contributed by atoms with Crippen molar-refractivity contribution in [2.75, 3.05) is 6.54 Å². The Labute approximate surface area is 235 Å². The molecule has 6 atom stereocenters. The molecule has 2 N–H and O–H groups in total. The zero-order chi connectivity index (χ0) is 29.2. The topological polar surface area (TPSA) is 147 Å². The number of esters is 1. The Morgan fingerprint density at radius 2 is 1.90 bits per heavy atom. The number of carbonyl (C=O) groups excluding carboxylic acids is 3. The number of rotatable bonds is 3. The van der Waals surface area contributed by atoms with Gasteiger partial charge in [-0.2, -0.15) is 9.97 Å². The predicted octanol–water partition coefficient (Wildman–Crippen LogP) is 2.70. The molecule has 40 heavy (non-hydrogen) atoms. The largest absolute Gasteiger partial charge is 0.459 e. The molecule has 2 fully saturated rings. The Kier molecular flexibility index (Phi) is 8.70. The summed E-state index contributed by atoms with van der Waals surface area (Å²) in [5.41, 5.74) is 3.97. The molecule has 3 aliphatic rings. The number of nitrogens with two attached hydrogens (primary N) is 1. The fourth-order valence-corrected chi connectivity index (χ4v) is 6.18. The van der Waals surface area contributed by atoms with E-state index in [1.165, 1.54) is 21.7 Å². The van der Waals surface area contributed by atoms with Gasteiger partial charge in [0.25, 0.3) is 0 Å². The molecule has 1 saturated carbocycles. The summed E-state index contributed by atoms with van der Waals surface area (Å²) in [6, 6.07) is -0.636. The number of fused-ring (bicyclic) bond motifs is 4. The maximum absolute atomic E-state index is 14.0. The standard InChI is InChI=1S/C29H43N5O6/c1-6-19-21(17-35)34-16-22(19)39-27-32-23(11-12-30)31-26(38)33(27)13-9-7-8-10-18-15-29(18,5)40-24(36)14-20(25(34)37)28(2,3)4/h11-12,17-22H,6-10,13-16,30H2,1-5H3/t18-,19+,20-,21-,22+,29-/m1/s1. The second-order valence-corrected chi connectivity index (χ2v) is 12.7. The van der Waals surface area contributed by atoms with Crippen LogP contribution in [0.25, 0.3) is 6.08 Å². The van der Waals surface area contributed by atoms with Crippen LogP contribution in [-0.2, 0) is 25.7 Å². The van der Waals surface area contributed by atoms with Crippen molar-refractivity contribution in [2.24, 2.45) is 28.9 Å². The van der Waals surface area contributed by atoms with Crippen molar-refractivity contribution in [3.05, 3.63) is 22.5 Å². The van der Waals surface area contributed by atoms with Gasteiger partial charge in [-0.15, -0.1) is 0 Å². The van der Waals surface area contributed by atoms with Gasteiger partial charge in [0.1, 0.15) is 18.0 Å². The third-order valence-electron chi connectivity index (χ3n) is 8.78. The first-order chi connectivity index (χ1) is 18.9. The number of ether oxygens (including phenoxy) is 2. The average molecular weight is 558 g/mol. The Morgan fingerprint density at radius 1 is 1.15 bits per heavy atom. The molecule has 2 aliphatic heterocycles. The van der Waals surface area contributed by atoms with Crippen LogP contribution < -0.4 is 16.2 Å². The minimum Gasteiger partial charge on any atom is -0.459 e. The molecule has 11 heteroatoms. The van der Waals surface area contributed by atoms with Crippen molar-refractivity contribution in [2.45, 2.75) is 104 Å². The van der Waals surface area contributed by atoms with E-state index in [2.05, 4.69) is 9.97 Å². The van der Waals surface area contributed by atoms with Crippen LogP contribution in [-0.4, -0.2) is 61.9 Å². The van der Waals surface area contributed by atoms with Crippen LogP contribution in [0.4, 0.5) is 0 Å². The molecule has 0 unspecified atom stereocenters. The first-order valence-electron chi connectivity index (χ1n) is 14.4. The molecule has 1 aromatic rings. The molecule has 0 spiro atoms. The van der Waals surface area contributed by atoms with E-state index >= 15 is 0 Å². The summed E-state index contributed by atoms with van der Waals surface area (Å²) < 4.78 is 13.7. The summed E-state index contributed by atoms with van der Waals surface area (Å²) >= 11 is 0. The molecule has 1 saturated heterocycles. The molecule has 1 aromatic heterocycles. The minimum atomic E-state index is -0.735. The number of aromatic nitrogens is 3. The van der Waals surface area contributed by atoms with E-state index in [0.29, 0.717) is 19.4 Å². The van der Waals surface area contributed by atoms with Crippen molar-refractivity contribution in [1.82, 2.24) is 19.4 Å². The van der Waals surface area contributed by atoms with Gasteiger partial charge in [-0.3, -0.25) is 9.59 Å². The fraction of sp³-hybridized carbons (Fsp3) is 0.724. The molecule has 2 bridgehead atoms. The summed E-state index contributed by atoms with van der Waals surface area (Å²) in [6.45, 7) is 10.1. The van der Waals surface area contributed by atoms with Crippen molar-refractivity contribution in [3.8, 4) is 6.01 Å². The average Bonchev–Trinajstić information content (AvgIpc) is 3.36. The number of carbonyl (C=O) groups is 3. The van der Waals surface area contributed by atoms with Crippen LogP contribution in [0.3, 0.4) is 0 Å². The highest BCUT2D eigenvalue weighted by atomic mass is 16.6. The second kappa shape index (κ2) is 11.7. The van der Waals surface area contributed by atoms with Gasteiger partial charge in [0.2, 0.25) is 5.91 Å². The SMILES string of the molecule is CC[C@@H]1[C@@H]2CN(C(=O)[C@H](C(C)(C)C)CC(=O)O[C@]3(C)C[C@H]3CCCCCn3c(nc(C=CN)nc3=O)O2)[C@@H]1C=O. The van der Waals surface area contributed by atoms with Gasteiger partial charge in [-0.25, -0.2) is 9.36 Å². The van der Waals surface area contributed by atoms with E-state index in [9.17, 15) is 19.2 Å². The number of hydrogen-bond donors (Lipinski definition) is 1. The Bertz CT molecular complexity index is 1210. The van der Waals surface area contributed by atoms with Crippen LogP contribution in [0.2, 0.25) is 0 Å². The molecule has 1 amide bonds. The first kappa shape index (κ1) is 29.7. The number of amides is 1. The molecular weight excluding hydrogens is 514 g/mol. The molecular formula is C29H43N5O6. The quantitative estimate of drug-likeness (QED) is 0.438. The normalized spacial score (nSPS) is 31.9. The fourth-order valence-electron chi connectivity index (χ4n) is 6.18. The molecule has 1 aliphatic carbocycles. The summed E-state index contributed by atoms with van der Waals surface area (Å²) in [7, 11) is 0. The first-order valence-corrected chi connectivity index (χ1v) is 14.4. The Morgan fingerprint density at radius 3 is 2.55 bits per heavy atom. The van der Waals surface area contributed by atoms with Crippen LogP contribution >= 0.6 is 0 Å². The number of hydrogen-bond acceptors (Lipinski definition) is 9. The van der Waals surface area contributed by atoms with E-state index in [-0.39, 0.29) is 48.5 Å². The summed E-state index contributed by atoms with van der Waals surface area (Å²) in [5.74, 6) is -1.27. The van der Waals surface area contributed by atoms with Gasteiger partial charge in [0, 0.05) is 18.4 Å². The van der Waals surface area contributed by atoms with Crippen LogP contribution in [0.15, 0.2) is 11.0 Å². The van der Waals surface area contributed by atoms with Crippen molar-refractivity contribution in [1.29, 1.82) is 0 Å². The third-order valence-corrected chi connectivity index (χ3v) is 8.78. The highest BCUT2D eigenvalue weighted by Gasteiger charge is 2.54. The van der Waals surface area contributed by atoms with Crippen molar-refractivity contribution in [3.63, 3.8) is 0 Å². The molecule has 0 aromatic carbocycles. The van der Waals surface area contributed by atoms with Crippen molar-refractivity contribution >= 4 is 24.2 Å². The smallest absolute Gasteiger partial charge is 0.353 e. The highest BCUT2D eigenvalue weighted by molar-refractivity contribution is 5.87. The van der Waals surface area contributed by atoms with Gasteiger partial charge < -0.3 is 24.9 Å². The third kappa shape index (κ3) is 6.23. The van der Waals surface area contributed by atoms with E-state index < -0.39 is 34.8 Å². The van der Waals surface area contributed by atoms with E-state index in [1.54, 1.807) is 0 Å². The Balaban J connectivity index is 1.73. The van der Waals surface area contributed by atoms with Crippen LogP contribution in [0.1, 0.15) is 85.4 Å². The predicted molar refractivity (Wildman–Crippen MR) is 148 cm³/mol. The lowest BCUT2D eigenvalue weighted by Crippen LogP contribution is -2.46. The van der Waals surface area contributed by atoms with Gasteiger partial charge in [0.05, 0.1) is 24.9 Å². The van der Waals surface area contributed by atoms with Crippen molar-refractivity contribution < 1.29 is 23.9 Å². The lowest BCUT2D eigenvalue weighted by molar-refractivity contribution is -0.158. The minimum absolute atomic E-state index is 0.0602. The van der Waals surface area contributed by atoms with Gasteiger partial charge in [0.15, 0.2) is 5.82 Å². The molecule has 11 nitrogen and oxygen atoms in total. The lowest BCUT2D eigenvalue weighted by Gasteiger charge is -2.34. The molecule has 4 rings (SSSR count). The zero-order valence-corrected chi connectivity index (χ0v) is 24.3. The Hall–Kier alpha value is -3.24. The van der Waals surface area contributed by atoms with E-state index in [1.807, 2.05) is 34.6 Å². The monoisotopic (exact) mass is 557 g/mol. The zero-order valence-electron chi connectivity index (χ0n) is 24.3. The van der Waals surface area contributed by atoms with Crippen LogP contribution in [0.5, 0.6) is 6.01 Å². The van der Waals surface area contributed by atoms with Gasteiger partial charge >= 0.3 is 17.7 Å². The second-order valence-electron chi connectivity index (χ2n) is 12.7. The lowest BCUT2D eigenvalue weighted by atomic mass is 9.77. The number of nitrogens with zero attached hydrogens (tertiary/aromatic N) is 4. The molecule has 3 heterocycles. The van der Waals surface area contributed by atoms with Gasteiger partial charge in [-0.05, 0) is 50.3 Å². The van der Waals surface area contributed by atoms with Crippen LogP contribution in [0, 0.1) is 23.2 Å². The highest BCUT2D eigenvalue weighted by Crippen LogP contribution is 2.50. The van der Waals surface area contributed by atoms with Gasteiger partial charge in [-0.1, -0.05) is 40.5 Å².